The maximum absolute atomic E-state index is 13.1. The number of ether oxygens (including phenoxy) is 1. The van der Waals surface area contributed by atoms with Gasteiger partial charge in [-0.25, -0.2) is 4.39 Å². The van der Waals surface area contributed by atoms with Gasteiger partial charge in [-0.15, -0.1) is 5.10 Å². The van der Waals surface area contributed by atoms with Crippen LogP contribution >= 0.6 is 0 Å². The summed E-state index contributed by atoms with van der Waals surface area (Å²) in [5.74, 6) is -0.431. The highest BCUT2D eigenvalue weighted by Crippen LogP contribution is 2.27. The molecule has 156 valence electrons. The van der Waals surface area contributed by atoms with Crippen LogP contribution in [0.1, 0.15) is 35.8 Å². The van der Waals surface area contributed by atoms with Crippen LogP contribution in [0, 0.1) is 5.82 Å². The second-order valence-electron chi connectivity index (χ2n) is 7.78. The van der Waals surface area contributed by atoms with Gasteiger partial charge in [0.2, 0.25) is 5.91 Å². The Labute approximate surface area is 169 Å². The summed E-state index contributed by atoms with van der Waals surface area (Å²) in [6.07, 6.45) is 3.81. The van der Waals surface area contributed by atoms with Crippen LogP contribution in [0.5, 0.6) is 0 Å². The number of aromatic nitrogens is 4. The number of aryl methyl sites for hydroxylation is 1. The molecule has 0 bridgehead atoms. The summed E-state index contributed by atoms with van der Waals surface area (Å²) < 4.78 is 20.8. The molecule has 0 unspecified atom stereocenters. The van der Waals surface area contributed by atoms with E-state index in [4.69, 9.17) is 4.74 Å². The number of hydrogen-bond acceptors (Lipinski definition) is 6. The number of amides is 1. The number of halogens is 1. The third-order valence-electron chi connectivity index (χ3n) is 5.66. The van der Waals surface area contributed by atoms with Gasteiger partial charge >= 0.3 is 0 Å². The van der Waals surface area contributed by atoms with E-state index in [2.05, 4.69) is 20.2 Å². The van der Waals surface area contributed by atoms with E-state index in [1.807, 2.05) is 7.05 Å². The fraction of sp³-hybridized carbons (Fsp3) is 0.600. The molecule has 0 saturated carbocycles. The van der Waals surface area contributed by atoms with Crippen molar-refractivity contribution in [1.29, 1.82) is 0 Å². The standard InChI is InChI=1S/C20H27FN6O2/c1-25-20-15(14-29-9-8-26-6-2-3-7-26)12-27(13-18(20)23-24-25)19(28)10-17-5-4-16(21)11-22-17/h4-5,11,15H,2-3,6-10,12-14H2,1H3/t15-/m0/s1. The van der Waals surface area contributed by atoms with Crippen molar-refractivity contribution in [3.63, 3.8) is 0 Å². The minimum absolute atomic E-state index is 0.0301. The summed E-state index contributed by atoms with van der Waals surface area (Å²) in [6.45, 7) is 5.45. The molecule has 4 heterocycles. The molecule has 1 saturated heterocycles. The van der Waals surface area contributed by atoms with E-state index in [9.17, 15) is 9.18 Å². The first-order valence-electron chi connectivity index (χ1n) is 10.2. The van der Waals surface area contributed by atoms with E-state index < -0.39 is 5.82 Å². The SMILES string of the molecule is Cn1nnc2c1[C@H](COCCN1CCCC1)CN(C(=O)Cc1ccc(F)cn1)C2. The molecule has 29 heavy (non-hydrogen) atoms. The van der Waals surface area contributed by atoms with E-state index in [-0.39, 0.29) is 18.2 Å². The summed E-state index contributed by atoms with van der Waals surface area (Å²) in [4.78, 5) is 21.0. The molecular weight excluding hydrogens is 375 g/mol. The smallest absolute Gasteiger partial charge is 0.228 e. The van der Waals surface area contributed by atoms with E-state index in [1.54, 1.807) is 15.6 Å². The number of carbonyl (C=O) groups excluding carboxylic acids is 1. The maximum atomic E-state index is 13.1. The number of fused-ring (bicyclic) bond motifs is 1. The van der Waals surface area contributed by atoms with Crippen LogP contribution in [0.15, 0.2) is 18.3 Å². The van der Waals surface area contributed by atoms with Crippen molar-refractivity contribution in [3.8, 4) is 0 Å². The second-order valence-corrected chi connectivity index (χ2v) is 7.78. The molecule has 0 aliphatic carbocycles. The monoisotopic (exact) mass is 402 g/mol. The average molecular weight is 402 g/mol. The van der Waals surface area contributed by atoms with E-state index in [0.717, 1.165) is 37.2 Å². The number of likely N-dealkylation sites (tertiary alicyclic amines) is 1. The lowest BCUT2D eigenvalue weighted by Gasteiger charge is -2.32. The van der Waals surface area contributed by atoms with Crippen molar-refractivity contribution in [2.75, 3.05) is 39.4 Å². The molecule has 4 rings (SSSR count). The molecule has 2 aliphatic rings. The Hall–Kier alpha value is -2.39. The first-order chi connectivity index (χ1) is 14.1. The normalized spacial score (nSPS) is 19.5. The summed E-state index contributed by atoms with van der Waals surface area (Å²) in [5, 5.41) is 8.38. The first-order valence-corrected chi connectivity index (χ1v) is 10.2. The highest BCUT2D eigenvalue weighted by atomic mass is 19.1. The van der Waals surface area contributed by atoms with Crippen molar-refractivity contribution >= 4 is 5.91 Å². The predicted octanol–water partition coefficient (Wildman–Crippen LogP) is 1.13. The van der Waals surface area contributed by atoms with Gasteiger partial charge in [0.15, 0.2) is 0 Å². The van der Waals surface area contributed by atoms with Crippen LogP contribution in [0.4, 0.5) is 4.39 Å². The van der Waals surface area contributed by atoms with Crippen LogP contribution < -0.4 is 0 Å². The Balaban J connectivity index is 1.37. The van der Waals surface area contributed by atoms with Crippen LogP contribution in [0.3, 0.4) is 0 Å². The summed E-state index contributed by atoms with van der Waals surface area (Å²) >= 11 is 0. The quantitative estimate of drug-likeness (QED) is 0.647. The third kappa shape index (κ3) is 4.79. The molecule has 2 aliphatic heterocycles. The first kappa shape index (κ1) is 19.9. The Morgan fingerprint density at radius 2 is 2.14 bits per heavy atom. The van der Waals surface area contributed by atoms with Gasteiger partial charge in [0, 0.05) is 31.7 Å². The summed E-state index contributed by atoms with van der Waals surface area (Å²) in [7, 11) is 1.88. The van der Waals surface area contributed by atoms with Gasteiger partial charge in [-0.3, -0.25) is 14.5 Å². The number of pyridine rings is 1. The van der Waals surface area contributed by atoms with Crippen LogP contribution in [0.2, 0.25) is 0 Å². The van der Waals surface area contributed by atoms with Gasteiger partial charge < -0.3 is 14.5 Å². The third-order valence-corrected chi connectivity index (χ3v) is 5.66. The van der Waals surface area contributed by atoms with Gasteiger partial charge in [-0.05, 0) is 38.1 Å². The Kier molecular flexibility index (Phi) is 6.15. The minimum atomic E-state index is -0.408. The number of nitrogens with zero attached hydrogens (tertiary/aromatic N) is 6. The summed E-state index contributed by atoms with van der Waals surface area (Å²) in [6, 6.07) is 2.87. The minimum Gasteiger partial charge on any atom is -0.379 e. The van der Waals surface area contributed by atoms with Crippen LogP contribution in [-0.4, -0.2) is 75.1 Å². The Bertz CT molecular complexity index is 834. The Morgan fingerprint density at radius 3 is 2.90 bits per heavy atom. The zero-order valence-electron chi connectivity index (χ0n) is 16.8. The molecule has 1 amide bonds. The number of carbonyl (C=O) groups is 1. The zero-order chi connectivity index (χ0) is 20.2. The molecule has 1 atom stereocenters. The predicted molar refractivity (Wildman–Crippen MR) is 104 cm³/mol. The maximum Gasteiger partial charge on any atom is 0.228 e. The van der Waals surface area contributed by atoms with Crippen LogP contribution in [-0.2, 0) is 29.5 Å². The largest absolute Gasteiger partial charge is 0.379 e. The number of hydrogen-bond donors (Lipinski definition) is 0. The lowest BCUT2D eigenvalue weighted by molar-refractivity contribution is -0.132. The molecule has 0 N–H and O–H groups in total. The molecule has 0 spiro atoms. The fourth-order valence-electron chi connectivity index (χ4n) is 4.14. The molecule has 8 nitrogen and oxygen atoms in total. The van der Waals surface area contributed by atoms with Gasteiger partial charge in [-0.2, -0.15) is 0 Å². The Morgan fingerprint density at radius 1 is 1.31 bits per heavy atom. The molecule has 9 heteroatoms. The second kappa shape index (κ2) is 8.96. The molecule has 0 radical (unpaired) electrons. The molecule has 2 aromatic rings. The van der Waals surface area contributed by atoms with Crippen molar-refractivity contribution in [3.05, 3.63) is 41.2 Å². The van der Waals surface area contributed by atoms with Crippen molar-refractivity contribution in [1.82, 2.24) is 29.8 Å². The average Bonchev–Trinajstić information content (AvgIpc) is 3.37. The lowest BCUT2D eigenvalue weighted by atomic mass is 9.98. The zero-order valence-corrected chi connectivity index (χ0v) is 16.8. The molecule has 0 aromatic carbocycles. The fourth-order valence-corrected chi connectivity index (χ4v) is 4.14. The van der Waals surface area contributed by atoms with Gasteiger partial charge in [0.05, 0.1) is 38.1 Å². The molecule has 2 aromatic heterocycles. The van der Waals surface area contributed by atoms with Crippen molar-refractivity contribution in [2.45, 2.75) is 31.7 Å². The summed E-state index contributed by atoms with van der Waals surface area (Å²) in [5.41, 5.74) is 2.40. The van der Waals surface area contributed by atoms with E-state index in [0.29, 0.717) is 32.0 Å². The van der Waals surface area contributed by atoms with Gasteiger partial charge in [0.1, 0.15) is 11.5 Å². The van der Waals surface area contributed by atoms with Gasteiger partial charge in [-0.1, -0.05) is 5.21 Å². The van der Waals surface area contributed by atoms with E-state index in [1.165, 1.54) is 18.9 Å². The highest BCUT2D eigenvalue weighted by molar-refractivity contribution is 5.78. The topological polar surface area (TPSA) is 76.4 Å². The van der Waals surface area contributed by atoms with Gasteiger partial charge in [0.25, 0.3) is 0 Å². The van der Waals surface area contributed by atoms with Crippen molar-refractivity contribution in [2.24, 2.45) is 7.05 Å². The highest BCUT2D eigenvalue weighted by Gasteiger charge is 2.32. The van der Waals surface area contributed by atoms with E-state index >= 15 is 0 Å². The lowest BCUT2D eigenvalue weighted by Crippen LogP contribution is -2.41. The van der Waals surface area contributed by atoms with Crippen LogP contribution in [0.25, 0.3) is 0 Å². The number of rotatable bonds is 7. The molecular formula is C20H27FN6O2. The van der Waals surface area contributed by atoms with Crippen molar-refractivity contribution < 1.29 is 13.9 Å². The molecule has 1 fully saturated rings.